The number of nitrogens with one attached hydrogen (secondary N) is 1. The Labute approximate surface area is 102 Å². The lowest BCUT2D eigenvalue weighted by Gasteiger charge is -2.24. The van der Waals surface area contributed by atoms with Crippen molar-refractivity contribution < 1.29 is 14.7 Å². The van der Waals surface area contributed by atoms with Crippen LogP contribution in [0.2, 0.25) is 0 Å². The first-order valence-corrected chi connectivity index (χ1v) is 6.32. The summed E-state index contributed by atoms with van der Waals surface area (Å²) in [6.07, 6.45) is 2.92. The van der Waals surface area contributed by atoms with Crippen molar-refractivity contribution in [1.82, 2.24) is 10.2 Å². The average Bonchev–Trinajstić information content (AvgIpc) is 2.72. The summed E-state index contributed by atoms with van der Waals surface area (Å²) in [5, 5.41) is 12.1. The molecule has 0 aromatic heterocycles. The van der Waals surface area contributed by atoms with Crippen molar-refractivity contribution in [3.8, 4) is 0 Å². The van der Waals surface area contributed by atoms with Gasteiger partial charge in [0.2, 0.25) is 0 Å². The van der Waals surface area contributed by atoms with Gasteiger partial charge in [-0.15, -0.1) is 0 Å². The van der Waals surface area contributed by atoms with Crippen LogP contribution in [0, 0.1) is 5.41 Å². The Bertz CT molecular complexity index is 293. The van der Waals surface area contributed by atoms with Crippen molar-refractivity contribution in [3.05, 3.63) is 0 Å². The van der Waals surface area contributed by atoms with Crippen LogP contribution >= 0.6 is 0 Å². The highest BCUT2D eigenvalue weighted by Crippen LogP contribution is 2.35. The van der Waals surface area contributed by atoms with E-state index in [4.69, 9.17) is 0 Å². The molecule has 1 saturated heterocycles. The molecule has 2 N–H and O–H groups in total. The number of urea groups is 1. The third-order valence-corrected chi connectivity index (χ3v) is 3.35. The summed E-state index contributed by atoms with van der Waals surface area (Å²) in [4.78, 5) is 24.7. The Morgan fingerprint density at radius 3 is 2.59 bits per heavy atom. The van der Waals surface area contributed by atoms with Gasteiger partial charge >= 0.3 is 12.0 Å². The minimum absolute atomic E-state index is 0.133. The second kappa shape index (κ2) is 5.89. The van der Waals surface area contributed by atoms with Crippen LogP contribution < -0.4 is 5.32 Å². The molecule has 2 amide bonds. The first kappa shape index (κ1) is 13.8. The lowest BCUT2D eigenvalue weighted by molar-refractivity contribution is -0.148. The van der Waals surface area contributed by atoms with Crippen LogP contribution in [0.3, 0.4) is 0 Å². The molecule has 17 heavy (non-hydrogen) atoms. The smallest absolute Gasteiger partial charge is 0.317 e. The molecular weight excluding hydrogens is 220 g/mol. The Hall–Kier alpha value is -1.26. The molecule has 0 spiro atoms. The van der Waals surface area contributed by atoms with Crippen LogP contribution in [0.5, 0.6) is 0 Å². The van der Waals surface area contributed by atoms with Crippen molar-refractivity contribution >= 4 is 12.0 Å². The monoisotopic (exact) mass is 242 g/mol. The van der Waals surface area contributed by atoms with Crippen LogP contribution in [0.25, 0.3) is 0 Å². The van der Waals surface area contributed by atoms with Crippen molar-refractivity contribution in [2.75, 3.05) is 19.6 Å². The molecule has 0 aromatic rings. The molecule has 0 bridgehead atoms. The highest BCUT2D eigenvalue weighted by molar-refractivity contribution is 5.79. The van der Waals surface area contributed by atoms with Gasteiger partial charge in [-0.1, -0.05) is 20.3 Å². The van der Waals surface area contributed by atoms with E-state index >= 15 is 0 Å². The Morgan fingerprint density at radius 2 is 2.06 bits per heavy atom. The predicted octanol–water partition coefficient (Wildman–Crippen LogP) is 1.68. The van der Waals surface area contributed by atoms with Gasteiger partial charge in [0.1, 0.15) is 0 Å². The number of hydrogen-bond donors (Lipinski definition) is 2. The van der Waals surface area contributed by atoms with Crippen LogP contribution in [0.15, 0.2) is 0 Å². The van der Waals surface area contributed by atoms with Crippen molar-refractivity contribution in [3.63, 3.8) is 0 Å². The van der Waals surface area contributed by atoms with Gasteiger partial charge in [0.05, 0.1) is 5.41 Å². The highest BCUT2D eigenvalue weighted by atomic mass is 16.4. The summed E-state index contributed by atoms with van der Waals surface area (Å²) >= 11 is 0. The number of carboxylic acid groups (broad SMARTS) is 1. The SMILES string of the molecule is CCCNC(=O)N1CCC(CCC)(C(=O)O)C1. The van der Waals surface area contributed by atoms with Gasteiger partial charge in [-0.25, -0.2) is 4.79 Å². The van der Waals surface area contributed by atoms with E-state index in [1.807, 2.05) is 13.8 Å². The number of carboxylic acids is 1. The normalized spacial score (nSPS) is 23.8. The Balaban J connectivity index is 2.60. The van der Waals surface area contributed by atoms with Gasteiger partial charge in [-0.05, 0) is 19.3 Å². The van der Waals surface area contributed by atoms with E-state index in [1.54, 1.807) is 4.90 Å². The van der Waals surface area contributed by atoms with Crippen LogP contribution in [0.4, 0.5) is 4.79 Å². The van der Waals surface area contributed by atoms with E-state index in [1.165, 1.54) is 0 Å². The molecule has 1 rings (SSSR count). The largest absolute Gasteiger partial charge is 0.481 e. The molecular formula is C12H22N2O3. The molecule has 0 saturated carbocycles. The lowest BCUT2D eigenvalue weighted by atomic mass is 9.83. The third kappa shape index (κ3) is 3.11. The minimum Gasteiger partial charge on any atom is -0.481 e. The maximum absolute atomic E-state index is 11.7. The molecule has 0 radical (unpaired) electrons. The lowest BCUT2D eigenvalue weighted by Crippen LogP contribution is -2.42. The van der Waals surface area contributed by atoms with Gasteiger partial charge in [0, 0.05) is 19.6 Å². The van der Waals surface area contributed by atoms with E-state index < -0.39 is 11.4 Å². The van der Waals surface area contributed by atoms with Gasteiger partial charge in [-0.2, -0.15) is 0 Å². The fourth-order valence-electron chi connectivity index (χ4n) is 2.35. The zero-order valence-corrected chi connectivity index (χ0v) is 10.7. The number of amides is 2. The van der Waals surface area contributed by atoms with E-state index in [0.717, 1.165) is 12.8 Å². The first-order chi connectivity index (χ1) is 8.05. The zero-order chi connectivity index (χ0) is 12.9. The molecule has 1 unspecified atom stereocenters. The Kier molecular flexibility index (Phi) is 4.78. The van der Waals surface area contributed by atoms with E-state index in [2.05, 4.69) is 5.32 Å². The third-order valence-electron chi connectivity index (χ3n) is 3.35. The summed E-state index contributed by atoms with van der Waals surface area (Å²) in [5.74, 6) is -0.773. The number of aliphatic carboxylic acids is 1. The fraction of sp³-hybridized carbons (Fsp3) is 0.833. The van der Waals surface area contributed by atoms with E-state index in [9.17, 15) is 14.7 Å². The standard InChI is InChI=1S/C12H22N2O3/c1-3-5-12(10(15)16)6-8-14(9-12)11(17)13-7-4-2/h3-9H2,1-2H3,(H,13,17)(H,15,16). The summed E-state index contributed by atoms with van der Waals surface area (Å²) in [7, 11) is 0. The van der Waals surface area contributed by atoms with Crippen LogP contribution in [-0.2, 0) is 4.79 Å². The number of carbonyl (C=O) groups excluding carboxylic acids is 1. The van der Waals surface area contributed by atoms with Crippen molar-refractivity contribution in [2.24, 2.45) is 5.41 Å². The van der Waals surface area contributed by atoms with Crippen LogP contribution in [-0.4, -0.2) is 41.6 Å². The number of rotatable bonds is 5. The number of carbonyl (C=O) groups is 2. The molecule has 5 nitrogen and oxygen atoms in total. The second-order valence-corrected chi connectivity index (χ2v) is 4.74. The number of nitrogens with zero attached hydrogens (tertiary/aromatic N) is 1. The second-order valence-electron chi connectivity index (χ2n) is 4.74. The molecule has 1 aliphatic heterocycles. The van der Waals surface area contributed by atoms with E-state index in [-0.39, 0.29) is 6.03 Å². The highest BCUT2D eigenvalue weighted by Gasteiger charge is 2.45. The molecule has 1 fully saturated rings. The van der Waals surface area contributed by atoms with E-state index in [0.29, 0.717) is 32.5 Å². The van der Waals surface area contributed by atoms with Gasteiger partial charge in [-0.3, -0.25) is 4.79 Å². The fourth-order valence-corrected chi connectivity index (χ4v) is 2.35. The molecule has 1 atom stereocenters. The topological polar surface area (TPSA) is 69.6 Å². The zero-order valence-electron chi connectivity index (χ0n) is 10.7. The summed E-state index contributed by atoms with van der Waals surface area (Å²) < 4.78 is 0. The average molecular weight is 242 g/mol. The van der Waals surface area contributed by atoms with Gasteiger partial charge < -0.3 is 15.3 Å². The molecule has 0 aliphatic carbocycles. The maximum Gasteiger partial charge on any atom is 0.317 e. The number of likely N-dealkylation sites (tertiary alicyclic amines) is 1. The molecule has 98 valence electrons. The quantitative estimate of drug-likeness (QED) is 0.770. The van der Waals surface area contributed by atoms with Gasteiger partial charge in [0.15, 0.2) is 0 Å². The summed E-state index contributed by atoms with van der Waals surface area (Å²) in [6.45, 7) is 5.49. The molecule has 0 aromatic carbocycles. The number of hydrogen-bond acceptors (Lipinski definition) is 2. The first-order valence-electron chi connectivity index (χ1n) is 6.32. The molecule has 1 heterocycles. The maximum atomic E-state index is 11.7. The van der Waals surface area contributed by atoms with Crippen molar-refractivity contribution in [2.45, 2.75) is 39.5 Å². The van der Waals surface area contributed by atoms with Crippen molar-refractivity contribution in [1.29, 1.82) is 0 Å². The molecule has 5 heteroatoms. The Morgan fingerprint density at radius 1 is 1.35 bits per heavy atom. The minimum atomic E-state index is -0.773. The summed E-state index contributed by atoms with van der Waals surface area (Å²) in [5.41, 5.74) is -0.724. The molecule has 1 aliphatic rings. The predicted molar refractivity (Wildman–Crippen MR) is 64.9 cm³/mol. The summed E-state index contributed by atoms with van der Waals surface area (Å²) in [6, 6.07) is -0.133. The van der Waals surface area contributed by atoms with Gasteiger partial charge in [0.25, 0.3) is 0 Å². The van der Waals surface area contributed by atoms with Crippen LogP contribution in [0.1, 0.15) is 39.5 Å².